The van der Waals surface area contributed by atoms with Crippen LogP contribution < -0.4 is 5.32 Å². The number of benzene rings is 2. The van der Waals surface area contributed by atoms with E-state index in [0.29, 0.717) is 6.07 Å². The third kappa shape index (κ3) is 7.68. The Kier molecular flexibility index (Phi) is 8.81. The molecule has 2 aromatic rings. The number of alkyl halides is 6. The summed E-state index contributed by atoms with van der Waals surface area (Å²) in [6.45, 7) is 3.28. The van der Waals surface area contributed by atoms with Crippen molar-refractivity contribution in [3.63, 3.8) is 0 Å². The normalized spacial score (nSPS) is 12.1. The van der Waals surface area contributed by atoms with Crippen molar-refractivity contribution in [3.8, 4) is 12.1 Å². The Bertz CT molecular complexity index is 1080. The molecule has 0 amide bonds. The summed E-state index contributed by atoms with van der Waals surface area (Å²) < 4.78 is 87.0. The molecule has 2 aromatic carbocycles. The first-order chi connectivity index (χ1) is 15.1. The summed E-state index contributed by atoms with van der Waals surface area (Å²) >= 11 is 0. The molecule has 0 radical (unpaired) electrons. The third-order valence-electron chi connectivity index (χ3n) is 4.11. The highest BCUT2D eigenvalue weighted by molar-refractivity contribution is 5.77. The highest BCUT2D eigenvalue weighted by Crippen LogP contribution is 2.34. The second kappa shape index (κ2) is 10.7. The van der Waals surface area contributed by atoms with E-state index >= 15 is 0 Å². The Morgan fingerprint density at radius 1 is 0.909 bits per heavy atom. The number of hydrogen-bond donors (Lipinski definition) is 2. The summed E-state index contributed by atoms with van der Waals surface area (Å²) in [7, 11) is 0. The van der Waals surface area contributed by atoms with Crippen molar-refractivity contribution in [1.82, 2.24) is 0 Å². The number of anilines is 1. The van der Waals surface area contributed by atoms with Crippen LogP contribution in [0.2, 0.25) is 0 Å². The highest BCUT2D eigenvalue weighted by Gasteiger charge is 2.35. The predicted octanol–water partition coefficient (Wildman–Crippen LogP) is 5.81. The fourth-order valence-electron chi connectivity index (χ4n) is 2.51. The quantitative estimate of drug-likeness (QED) is 0.544. The van der Waals surface area contributed by atoms with Crippen LogP contribution in [0, 0.1) is 34.4 Å². The van der Waals surface area contributed by atoms with Crippen LogP contribution in [-0.2, 0) is 17.1 Å². The molecular weight excluding hydrogens is 459 g/mol. The van der Waals surface area contributed by atoms with E-state index in [1.165, 1.54) is 18.2 Å². The van der Waals surface area contributed by atoms with Crippen LogP contribution in [-0.4, -0.2) is 17.1 Å². The maximum absolute atomic E-state index is 12.8. The number of carbonyl (C=O) groups is 1. The zero-order valence-electron chi connectivity index (χ0n) is 17.0. The molecule has 0 saturated carbocycles. The molecule has 0 aliphatic carbocycles. The number of nitrogens with one attached hydrogen (secondary N) is 1. The first-order valence-corrected chi connectivity index (χ1v) is 8.99. The standard InChI is InChI=1S/C13H13F3N2O2.C8H3F4N/c1-7(2)11(12(19)20)18-9-4-3-8(6-17)10(5-9)13(14,15)16;9-6-2-1-5(4-13)7(3-6)8(10,11)12/h3-5,7,11,18H,1-2H3,(H,19,20);1-3H/t11-;/m1./s1. The van der Waals surface area contributed by atoms with E-state index < -0.39 is 52.4 Å². The van der Waals surface area contributed by atoms with Crippen molar-refractivity contribution in [3.05, 3.63) is 64.5 Å². The van der Waals surface area contributed by atoms with Crippen molar-refractivity contribution in [2.75, 3.05) is 5.32 Å². The Labute approximate surface area is 183 Å². The molecule has 2 rings (SSSR count). The zero-order chi connectivity index (χ0) is 25.6. The minimum Gasteiger partial charge on any atom is -0.480 e. The van der Waals surface area contributed by atoms with Crippen LogP contribution in [0.15, 0.2) is 36.4 Å². The Hall–Kier alpha value is -3.80. The number of nitrogens with zero attached hydrogens (tertiary/aromatic N) is 2. The summed E-state index contributed by atoms with van der Waals surface area (Å²) in [5.74, 6) is -2.47. The van der Waals surface area contributed by atoms with E-state index in [-0.39, 0.29) is 11.6 Å². The van der Waals surface area contributed by atoms with Gasteiger partial charge in [-0.3, -0.25) is 0 Å². The number of halogens is 7. The first kappa shape index (κ1) is 27.2. The van der Waals surface area contributed by atoms with Gasteiger partial charge in [0.15, 0.2) is 0 Å². The minimum absolute atomic E-state index is 0.0115. The Morgan fingerprint density at radius 3 is 1.76 bits per heavy atom. The smallest absolute Gasteiger partial charge is 0.417 e. The summed E-state index contributed by atoms with van der Waals surface area (Å²) in [6, 6.07) is 6.74. The number of carboxylic acids is 1. The van der Waals surface area contributed by atoms with Crippen LogP contribution in [0.25, 0.3) is 0 Å². The maximum Gasteiger partial charge on any atom is 0.417 e. The molecule has 0 aromatic heterocycles. The van der Waals surface area contributed by atoms with E-state index in [1.54, 1.807) is 13.8 Å². The Morgan fingerprint density at radius 2 is 1.36 bits per heavy atom. The maximum atomic E-state index is 12.8. The van der Waals surface area contributed by atoms with E-state index in [1.807, 2.05) is 0 Å². The molecule has 5 nitrogen and oxygen atoms in total. The molecule has 0 aliphatic heterocycles. The minimum atomic E-state index is -4.69. The Balaban J connectivity index is 0.000000361. The van der Waals surface area contributed by atoms with Crippen LogP contribution in [0.3, 0.4) is 0 Å². The van der Waals surface area contributed by atoms with Gasteiger partial charge in [0.1, 0.15) is 11.9 Å². The van der Waals surface area contributed by atoms with Gasteiger partial charge >= 0.3 is 18.3 Å². The lowest BCUT2D eigenvalue weighted by molar-refractivity contribution is -0.139. The molecule has 0 saturated heterocycles. The van der Waals surface area contributed by atoms with Crippen LogP contribution in [0.1, 0.15) is 36.1 Å². The van der Waals surface area contributed by atoms with E-state index in [2.05, 4.69) is 5.32 Å². The number of carboxylic acid groups (broad SMARTS) is 1. The second-order valence-electron chi connectivity index (χ2n) is 6.87. The molecule has 0 aliphatic rings. The van der Waals surface area contributed by atoms with Crippen molar-refractivity contribution >= 4 is 11.7 Å². The average Bonchev–Trinajstić information content (AvgIpc) is 2.70. The largest absolute Gasteiger partial charge is 0.480 e. The lowest BCUT2D eigenvalue weighted by Crippen LogP contribution is -2.34. The molecule has 0 bridgehead atoms. The molecule has 0 unspecified atom stereocenters. The van der Waals surface area contributed by atoms with Gasteiger partial charge in [-0.05, 0) is 42.3 Å². The van der Waals surface area contributed by atoms with Gasteiger partial charge in [0.2, 0.25) is 0 Å². The molecule has 0 fully saturated rings. The highest BCUT2D eigenvalue weighted by atomic mass is 19.4. The summed E-state index contributed by atoms with van der Waals surface area (Å²) in [5.41, 5.74) is -3.39. The van der Waals surface area contributed by atoms with Gasteiger partial charge in [0.25, 0.3) is 0 Å². The molecule has 176 valence electrons. The van der Waals surface area contributed by atoms with E-state index in [0.717, 1.165) is 24.3 Å². The van der Waals surface area contributed by atoms with Gasteiger partial charge in [-0.25, -0.2) is 9.18 Å². The number of nitriles is 2. The number of rotatable bonds is 4. The molecule has 33 heavy (non-hydrogen) atoms. The lowest BCUT2D eigenvalue weighted by Gasteiger charge is -2.20. The monoisotopic (exact) mass is 475 g/mol. The molecule has 0 heterocycles. The number of hydrogen-bond acceptors (Lipinski definition) is 4. The van der Waals surface area contributed by atoms with Gasteiger partial charge in [0, 0.05) is 5.69 Å². The molecule has 1 atom stereocenters. The van der Waals surface area contributed by atoms with Crippen molar-refractivity contribution < 1.29 is 40.6 Å². The van der Waals surface area contributed by atoms with Gasteiger partial charge in [0.05, 0.1) is 34.4 Å². The van der Waals surface area contributed by atoms with Crippen molar-refractivity contribution in [2.24, 2.45) is 5.92 Å². The van der Waals surface area contributed by atoms with Crippen LogP contribution >= 0.6 is 0 Å². The lowest BCUT2D eigenvalue weighted by atomic mass is 10.0. The summed E-state index contributed by atoms with van der Waals surface area (Å²) in [6.07, 6.45) is -9.35. The first-order valence-electron chi connectivity index (χ1n) is 8.99. The van der Waals surface area contributed by atoms with E-state index in [9.17, 15) is 35.5 Å². The molecule has 0 spiro atoms. The van der Waals surface area contributed by atoms with E-state index in [4.69, 9.17) is 15.6 Å². The van der Waals surface area contributed by atoms with Gasteiger partial charge in [-0.2, -0.15) is 36.9 Å². The SMILES string of the molecule is CC(C)[C@@H](Nc1ccc(C#N)c(C(F)(F)F)c1)C(=O)O.N#Cc1ccc(F)cc1C(F)(F)F. The van der Waals surface area contributed by atoms with Gasteiger partial charge in [-0.1, -0.05) is 13.8 Å². The number of aliphatic carboxylic acids is 1. The summed E-state index contributed by atoms with van der Waals surface area (Å²) in [4.78, 5) is 11.0. The van der Waals surface area contributed by atoms with Crippen LogP contribution in [0.5, 0.6) is 0 Å². The van der Waals surface area contributed by atoms with Crippen LogP contribution in [0.4, 0.5) is 36.4 Å². The molecule has 12 heteroatoms. The molecular formula is C21H16F7N3O2. The molecule has 2 N–H and O–H groups in total. The average molecular weight is 475 g/mol. The van der Waals surface area contributed by atoms with Crippen molar-refractivity contribution in [2.45, 2.75) is 32.2 Å². The third-order valence-corrected chi connectivity index (χ3v) is 4.11. The fourth-order valence-corrected chi connectivity index (χ4v) is 2.51. The fraction of sp³-hybridized carbons (Fsp3) is 0.286. The van der Waals surface area contributed by atoms with Gasteiger partial charge < -0.3 is 10.4 Å². The second-order valence-corrected chi connectivity index (χ2v) is 6.87. The van der Waals surface area contributed by atoms with Gasteiger partial charge in [-0.15, -0.1) is 0 Å². The topological polar surface area (TPSA) is 96.9 Å². The van der Waals surface area contributed by atoms with Crippen molar-refractivity contribution in [1.29, 1.82) is 10.5 Å². The predicted molar refractivity (Wildman–Crippen MR) is 102 cm³/mol. The zero-order valence-corrected chi connectivity index (χ0v) is 17.0. The summed E-state index contributed by atoms with van der Waals surface area (Å²) in [5, 5.41) is 28.5.